The molecule has 33 heavy (non-hydrogen) atoms. The van der Waals surface area contributed by atoms with Crippen molar-refractivity contribution in [2.24, 2.45) is 5.10 Å². The molecule has 0 unspecified atom stereocenters. The number of carbonyl (C=O) groups excluding carboxylic acids is 2. The van der Waals surface area contributed by atoms with Crippen LogP contribution in [0.2, 0.25) is 10.0 Å². The fourth-order valence-electron chi connectivity index (χ4n) is 2.77. The summed E-state index contributed by atoms with van der Waals surface area (Å²) in [6.07, 6.45) is 1.35. The van der Waals surface area contributed by atoms with Gasteiger partial charge in [-0.2, -0.15) is 5.10 Å². The van der Waals surface area contributed by atoms with E-state index in [2.05, 4.69) is 15.8 Å². The van der Waals surface area contributed by atoms with Crippen LogP contribution in [0.1, 0.15) is 16.7 Å². The van der Waals surface area contributed by atoms with Crippen LogP contribution in [0.25, 0.3) is 0 Å². The Bertz CT molecular complexity index is 1140. The van der Waals surface area contributed by atoms with E-state index in [0.717, 1.165) is 11.1 Å². The third-order valence-corrected chi connectivity index (χ3v) is 4.96. The lowest BCUT2D eigenvalue weighted by Gasteiger charge is -2.13. The van der Waals surface area contributed by atoms with E-state index in [0.29, 0.717) is 27.1 Å². The van der Waals surface area contributed by atoms with Crippen LogP contribution in [-0.4, -0.2) is 25.1 Å². The number of hydrazone groups is 1. The molecule has 0 aliphatic rings. The van der Waals surface area contributed by atoms with E-state index in [1.807, 2.05) is 42.5 Å². The van der Waals surface area contributed by atoms with Gasteiger partial charge in [-0.3, -0.25) is 9.59 Å². The number of rotatable bonds is 8. The first-order chi connectivity index (χ1) is 16.0. The summed E-state index contributed by atoms with van der Waals surface area (Å²) in [7, 11) is 1.49. The highest BCUT2D eigenvalue weighted by atomic mass is 35.5. The van der Waals surface area contributed by atoms with Crippen LogP contribution in [-0.2, 0) is 22.7 Å². The van der Waals surface area contributed by atoms with Gasteiger partial charge >= 0.3 is 11.8 Å². The first-order valence-electron chi connectivity index (χ1n) is 9.86. The van der Waals surface area contributed by atoms with E-state index in [-0.39, 0.29) is 13.2 Å². The Morgan fingerprint density at radius 1 is 0.970 bits per heavy atom. The highest BCUT2D eigenvalue weighted by Gasteiger charge is 2.14. The summed E-state index contributed by atoms with van der Waals surface area (Å²) in [6.45, 7) is 0.510. The first-order valence-corrected chi connectivity index (χ1v) is 10.6. The predicted molar refractivity (Wildman–Crippen MR) is 128 cm³/mol. The number of halogens is 2. The molecule has 3 aromatic carbocycles. The average Bonchev–Trinajstić information content (AvgIpc) is 2.83. The molecule has 0 fully saturated rings. The van der Waals surface area contributed by atoms with Crippen molar-refractivity contribution in [3.63, 3.8) is 0 Å². The maximum absolute atomic E-state index is 11.9. The molecule has 0 bridgehead atoms. The van der Waals surface area contributed by atoms with Gasteiger partial charge in [-0.25, -0.2) is 5.43 Å². The third-order valence-electron chi connectivity index (χ3n) is 4.43. The molecule has 2 N–H and O–H groups in total. The van der Waals surface area contributed by atoms with Crippen LogP contribution >= 0.6 is 23.2 Å². The molecule has 0 saturated carbocycles. The minimum Gasteiger partial charge on any atom is -0.493 e. The lowest BCUT2D eigenvalue weighted by Crippen LogP contribution is -2.37. The molecule has 3 aromatic rings. The van der Waals surface area contributed by atoms with E-state index in [1.165, 1.54) is 13.3 Å². The molecule has 0 spiro atoms. The summed E-state index contributed by atoms with van der Waals surface area (Å²) >= 11 is 12.3. The number of hydrogen-bond acceptors (Lipinski definition) is 5. The standard InChI is InChI=1S/C24H21Cl2N3O4/c1-32-21-12-18(11-20(26)22(21)33-15-17-7-9-19(25)10-8-17)14-28-29-24(31)23(30)27-13-16-5-3-2-4-6-16/h2-12,14H,13,15H2,1H3,(H,27,30)(H,29,31)/b28-14-. The lowest BCUT2D eigenvalue weighted by atomic mass is 10.2. The van der Waals surface area contributed by atoms with Gasteiger partial charge in [-0.1, -0.05) is 65.7 Å². The van der Waals surface area contributed by atoms with Crippen LogP contribution in [0, 0.1) is 0 Å². The molecule has 0 radical (unpaired) electrons. The molecular formula is C24H21Cl2N3O4. The van der Waals surface area contributed by atoms with Crippen molar-refractivity contribution < 1.29 is 19.1 Å². The molecule has 0 aliphatic carbocycles. The van der Waals surface area contributed by atoms with Crippen molar-refractivity contribution in [2.75, 3.05) is 7.11 Å². The van der Waals surface area contributed by atoms with Gasteiger partial charge in [0.1, 0.15) is 6.61 Å². The molecule has 7 nitrogen and oxygen atoms in total. The number of benzene rings is 3. The Morgan fingerprint density at radius 2 is 1.70 bits per heavy atom. The predicted octanol–water partition coefficient (Wildman–Crippen LogP) is 4.35. The minimum atomic E-state index is -0.886. The SMILES string of the molecule is COc1cc(/C=N\NC(=O)C(=O)NCc2ccccc2)cc(Cl)c1OCc1ccc(Cl)cc1. The van der Waals surface area contributed by atoms with Gasteiger partial charge in [-0.15, -0.1) is 0 Å². The first kappa shape index (κ1) is 24.1. The number of methoxy groups -OCH3 is 1. The van der Waals surface area contributed by atoms with Gasteiger partial charge in [0.25, 0.3) is 0 Å². The third kappa shape index (κ3) is 7.24. The van der Waals surface area contributed by atoms with Gasteiger partial charge in [0.05, 0.1) is 18.3 Å². The van der Waals surface area contributed by atoms with Crippen LogP contribution in [0.4, 0.5) is 0 Å². The summed E-state index contributed by atoms with van der Waals surface area (Å²) in [5.41, 5.74) is 4.52. The van der Waals surface area contributed by atoms with E-state index in [9.17, 15) is 9.59 Å². The van der Waals surface area contributed by atoms with E-state index in [4.69, 9.17) is 32.7 Å². The Kier molecular flexibility index (Phi) is 8.69. The Labute approximate surface area is 201 Å². The largest absolute Gasteiger partial charge is 0.493 e. The second-order valence-electron chi connectivity index (χ2n) is 6.82. The quantitative estimate of drug-likeness (QED) is 0.282. The Hall–Kier alpha value is -3.55. The van der Waals surface area contributed by atoms with Crippen LogP contribution < -0.4 is 20.2 Å². The van der Waals surface area contributed by atoms with Crippen molar-refractivity contribution in [2.45, 2.75) is 13.2 Å². The van der Waals surface area contributed by atoms with E-state index < -0.39 is 11.8 Å². The monoisotopic (exact) mass is 485 g/mol. The highest BCUT2D eigenvalue weighted by molar-refractivity contribution is 6.35. The Balaban J connectivity index is 1.57. The number of amides is 2. The smallest absolute Gasteiger partial charge is 0.329 e. The molecule has 3 rings (SSSR count). The maximum Gasteiger partial charge on any atom is 0.329 e. The summed E-state index contributed by atoms with van der Waals surface area (Å²) < 4.78 is 11.2. The molecule has 9 heteroatoms. The van der Waals surface area contributed by atoms with Crippen molar-refractivity contribution in [1.82, 2.24) is 10.7 Å². The fourth-order valence-corrected chi connectivity index (χ4v) is 3.16. The zero-order valence-electron chi connectivity index (χ0n) is 17.7. The minimum absolute atomic E-state index is 0.237. The molecular weight excluding hydrogens is 465 g/mol. The normalized spacial score (nSPS) is 10.6. The molecule has 0 heterocycles. The topological polar surface area (TPSA) is 89.0 Å². The number of nitrogens with one attached hydrogen (secondary N) is 2. The van der Waals surface area contributed by atoms with Crippen molar-refractivity contribution >= 4 is 41.2 Å². The van der Waals surface area contributed by atoms with Crippen molar-refractivity contribution in [1.29, 1.82) is 0 Å². The molecule has 2 amide bonds. The lowest BCUT2D eigenvalue weighted by molar-refractivity contribution is -0.139. The summed E-state index contributed by atoms with van der Waals surface area (Å²) in [5, 5.41) is 7.28. The second kappa shape index (κ2) is 11.9. The Morgan fingerprint density at radius 3 is 2.39 bits per heavy atom. The molecule has 0 atom stereocenters. The van der Waals surface area contributed by atoms with Gasteiger partial charge in [0.15, 0.2) is 11.5 Å². The van der Waals surface area contributed by atoms with Crippen LogP contribution in [0.3, 0.4) is 0 Å². The van der Waals surface area contributed by atoms with Crippen molar-refractivity contribution in [3.05, 3.63) is 93.5 Å². The summed E-state index contributed by atoms with van der Waals surface area (Å²) in [6, 6.07) is 19.7. The maximum atomic E-state index is 11.9. The summed E-state index contributed by atoms with van der Waals surface area (Å²) in [5.74, 6) is -0.916. The van der Waals surface area contributed by atoms with Crippen LogP contribution in [0.15, 0.2) is 71.8 Å². The zero-order valence-corrected chi connectivity index (χ0v) is 19.2. The van der Waals surface area contributed by atoms with Gasteiger partial charge < -0.3 is 14.8 Å². The molecule has 0 aromatic heterocycles. The van der Waals surface area contributed by atoms with Gasteiger partial charge in [0, 0.05) is 11.6 Å². The molecule has 0 aliphatic heterocycles. The second-order valence-corrected chi connectivity index (χ2v) is 7.66. The van der Waals surface area contributed by atoms with Gasteiger partial charge in [-0.05, 0) is 41.0 Å². The molecule has 0 saturated heterocycles. The number of hydrogen-bond donors (Lipinski definition) is 2. The molecule has 170 valence electrons. The zero-order chi connectivity index (χ0) is 23.6. The van der Waals surface area contributed by atoms with E-state index in [1.54, 1.807) is 24.3 Å². The number of ether oxygens (including phenoxy) is 2. The fraction of sp³-hybridized carbons (Fsp3) is 0.125. The summed E-state index contributed by atoms with van der Waals surface area (Å²) in [4.78, 5) is 23.8. The van der Waals surface area contributed by atoms with Crippen molar-refractivity contribution in [3.8, 4) is 11.5 Å². The highest BCUT2D eigenvalue weighted by Crippen LogP contribution is 2.36. The van der Waals surface area contributed by atoms with Crippen LogP contribution in [0.5, 0.6) is 11.5 Å². The number of nitrogens with zero attached hydrogens (tertiary/aromatic N) is 1. The number of carbonyl (C=O) groups is 2. The van der Waals surface area contributed by atoms with Gasteiger partial charge in [0.2, 0.25) is 0 Å². The average molecular weight is 486 g/mol. The van der Waals surface area contributed by atoms with E-state index >= 15 is 0 Å².